The van der Waals surface area contributed by atoms with Crippen LogP contribution < -0.4 is 5.32 Å². The highest BCUT2D eigenvalue weighted by molar-refractivity contribution is 7.80. The highest BCUT2D eigenvalue weighted by Gasteiger charge is 2.22. The lowest BCUT2D eigenvalue weighted by atomic mass is 10.2. The van der Waals surface area contributed by atoms with Crippen molar-refractivity contribution in [2.45, 2.75) is 26.4 Å². The fourth-order valence-corrected chi connectivity index (χ4v) is 3.06. The van der Waals surface area contributed by atoms with E-state index in [0.717, 1.165) is 22.8 Å². The van der Waals surface area contributed by atoms with E-state index in [9.17, 15) is 0 Å². The average molecular weight is 375 g/mol. The number of nitrogens with one attached hydrogen (secondary N) is 1. The first-order valence-electron chi connectivity index (χ1n) is 7.94. The number of aryl methyl sites for hydroxylation is 1. The summed E-state index contributed by atoms with van der Waals surface area (Å²) in [6, 6.07) is 13.2. The molecule has 1 aromatic carbocycles. The number of hydrogen-bond donors (Lipinski definition) is 1. The molecule has 1 atom stereocenters. The third kappa shape index (κ3) is 4.24. The molecular formula is C19H19ClN2O2S. The molecule has 0 radical (unpaired) electrons. The molecule has 2 aromatic heterocycles. The summed E-state index contributed by atoms with van der Waals surface area (Å²) in [6.07, 6.45) is 3.32. The van der Waals surface area contributed by atoms with E-state index < -0.39 is 0 Å². The van der Waals surface area contributed by atoms with Crippen LogP contribution in [0.25, 0.3) is 0 Å². The van der Waals surface area contributed by atoms with Gasteiger partial charge in [0, 0.05) is 10.7 Å². The van der Waals surface area contributed by atoms with Crippen molar-refractivity contribution in [2.75, 3.05) is 5.32 Å². The second kappa shape index (κ2) is 7.76. The predicted octanol–water partition coefficient (Wildman–Crippen LogP) is 5.79. The second-order valence-electron chi connectivity index (χ2n) is 5.79. The molecule has 3 rings (SSSR count). The molecule has 0 aliphatic heterocycles. The first-order valence-corrected chi connectivity index (χ1v) is 8.73. The number of anilines is 1. The fourth-order valence-electron chi connectivity index (χ4n) is 2.55. The molecule has 0 amide bonds. The van der Waals surface area contributed by atoms with Crippen LogP contribution in [-0.2, 0) is 6.54 Å². The van der Waals surface area contributed by atoms with Crippen molar-refractivity contribution in [2.24, 2.45) is 0 Å². The van der Waals surface area contributed by atoms with Gasteiger partial charge in [-0.3, -0.25) is 0 Å². The molecule has 2 heterocycles. The fraction of sp³-hybridized carbons (Fsp3) is 0.211. The van der Waals surface area contributed by atoms with Gasteiger partial charge in [0.05, 0.1) is 25.1 Å². The van der Waals surface area contributed by atoms with E-state index in [1.165, 1.54) is 0 Å². The number of thiocarbonyl (C=S) groups is 1. The molecule has 6 heteroatoms. The summed E-state index contributed by atoms with van der Waals surface area (Å²) in [5.41, 5.74) is 1.95. The minimum atomic E-state index is -0.0559. The lowest BCUT2D eigenvalue weighted by Gasteiger charge is -2.30. The maximum atomic E-state index is 6.11. The molecule has 0 aliphatic rings. The molecule has 0 spiro atoms. The van der Waals surface area contributed by atoms with Crippen LogP contribution >= 0.6 is 23.8 Å². The Labute approximate surface area is 157 Å². The third-order valence-electron chi connectivity index (χ3n) is 4.03. The summed E-state index contributed by atoms with van der Waals surface area (Å²) in [6.45, 7) is 4.58. The van der Waals surface area contributed by atoms with Crippen molar-refractivity contribution >= 4 is 34.6 Å². The van der Waals surface area contributed by atoms with Crippen molar-refractivity contribution in [1.29, 1.82) is 0 Å². The Bertz CT molecular complexity index is 831. The van der Waals surface area contributed by atoms with E-state index >= 15 is 0 Å². The molecule has 0 saturated carbocycles. The van der Waals surface area contributed by atoms with Gasteiger partial charge in [-0.2, -0.15) is 0 Å². The zero-order valence-electron chi connectivity index (χ0n) is 14.0. The number of furan rings is 2. The summed E-state index contributed by atoms with van der Waals surface area (Å²) >= 11 is 11.8. The van der Waals surface area contributed by atoms with Gasteiger partial charge in [-0.15, -0.1) is 0 Å². The quantitative estimate of drug-likeness (QED) is 0.572. The average Bonchev–Trinajstić information content (AvgIpc) is 3.28. The summed E-state index contributed by atoms with van der Waals surface area (Å²) in [5.74, 6) is 1.66. The highest BCUT2D eigenvalue weighted by atomic mass is 35.5. The first kappa shape index (κ1) is 17.6. The minimum absolute atomic E-state index is 0.0559. The van der Waals surface area contributed by atoms with Gasteiger partial charge in [0.1, 0.15) is 11.5 Å². The smallest absolute Gasteiger partial charge is 0.174 e. The zero-order valence-corrected chi connectivity index (χ0v) is 15.6. The van der Waals surface area contributed by atoms with E-state index in [0.29, 0.717) is 16.7 Å². The van der Waals surface area contributed by atoms with Gasteiger partial charge in [-0.1, -0.05) is 17.7 Å². The molecule has 0 fully saturated rings. The lowest BCUT2D eigenvalue weighted by molar-refractivity contribution is 0.269. The van der Waals surface area contributed by atoms with E-state index in [-0.39, 0.29) is 6.04 Å². The van der Waals surface area contributed by atoms with E-state index in [2.05, 4.69) is 5.32 Å². The standard InChI is InChI=1S/C19H19ClN2O2S/c1-13-7-8-15(20)11-17(13)21-19(25)22(12-16-5-3-9-23-16)14(2)18-6-4-10-24-18/h3-11,14H,12H2,1-2H3,(H,21,25)/t14-/m1/s1. The van der Waals surface area contributed by atoms with Crippen molar-refractivity contribution in [1.82, 2.24) is 4.90 Å². The SMILES string of the molecule is Cc1ccc(Cl)cc1NC(=S)N(Cc1ccco1)[C@H](C)c1ccco1. The first-order chi connectivity index (χ1) is 12.0. The largest absolute Gasteiger partial charge is 0.467 e. The van der Waals surface area contributed by atoms with E-state index in [1.807, 2.05) is 61.2 Å². The van der Waals surface area contributed by atoms with Gasteiger partial charge in [-0.25, -0.2) is 0 Å². The molecule has 4 nitrogen and oxygen atoms in total. The Morgan fingerprint density at radius 2 is 1.96 bits per heavy atom. The summed E-state index contributed by atoms with van der Waals surface area (Å²) < 4.78 is 11.1. The van der Waals surface area contributed by atoms with Crippen LogP contribution in [-0.4, -0.2) is 10.0 Å². The van der Waals surface area contributed by atoms with Crippen LogP contribution in [0, 0.1) is 6.92 Å². The lowest BCUT2D eigenvalue weighted by Crippen LogP contribution is -2.36. The van der Waals surface area contributed by atoms with Crippen molar-refractivity contribution in [3.05, 3.63) is 77.1 Å². The third-order valence-corrected chi connectivity index (χ3v) is 4.60. The Morgan fingerprint density at radius 3 is 2.64 bits per heavy atom. The van der Waals surface area contributed by atoms with E-state index in [4.69, 9.17) is 32.7 Å². The summed E-state index contributed by atoms with van der Waals surface area (Å²) in [7, 11) is 0. The Balaban J connectivity index is 1.84. The van der Waals surface area contributed by atoms with Crippen LogP contribution in [0.5, 0.6) is 0 Å². The Kier molecular flexibility index (Phi) is 5.46. The minimum Gasteiger partial charge on any atom is -0.467 e. The predicted molar refractivity (Wildman–Crippen MR) is 104 cm³/mol. The van der Waals surface area contributed by atoms with Gasteiger partial charge in [0.2, 0.25) is 0 Å². The van der Waals surface area contributed by atoms with Gasteiger partial charge in [0.15, 0.2) is 5.11 Å². The number of rotatable bonds is 5. The van der Waals surface area contributed by atoms with Crippen molar-refractivity contribution in [3.8, 4) is 0 Å². The zero-order chi connectivity index (χ0) is 17.8. The number of benzene rings is 1. The van der Waals surface area contributed by atoms with Gasteiger partial charge < -0.3 is 19.1 Å². The van der Waals surface area contributed by atoms with Crippen LogP contribution in [0.1, 0.15) is 30.0 Å². The Hall–Kier alpha value is -2.24. The number of nitrogens with zero attached hydrogens (tertiary/aromatic N) is 1. The Morgan fingerprint density at radius 1 is 1.20 bits per heavy atom. The molecule has 0 unspecified atom stereocenters. The van der Waals surface area contributed by atoms with Crippen LogP contribution in [0.3, 0.4) is 0 Å². The molecule has 0 saturated heterocycles. The maximum Gasteiger partial charge on any atom is 0.174 e. The highest BCUT2D eigenvalue weighted by Crippen LogP contribution is 2.26. The summed E-state index contributed by atoms with van der Waals surface area (Å²) in [4.78, 5) is 2.02. The maximum absolute atomic E-state index is 6.11. The molecule has 130 valence electrons. The topological polar surface area (TPSA) is 41.5 Å². The number of hydrogen-bond acceptors (Lipinski definition) is 3. The number of halogens is 1. The molecule has 1 N–H and O–H groups in total. The normalized spacial score (nSPS) is 12.0. The van der Waals surface area contributed by atoms with Crippen molar-refractivity contribution < 1.29 is 8.83 Å². The molecule has 0 aliphatic carbocycles. The van der Waals surface area contributed by atoms with Crippen LogP contribution in [0.2, 0.25) is 5.02 Å². The molecule has 3 aromatic rings. The molecule has 0 bridgehead atoms. The van der Waals surface area contributed by atoms with Gasteiger partial charge in [-0.05, 0) is 68.0 Å². The van der Waals surface area contributed by atoms with Crippen molar-refractivity contribution in [3.63, 3.8) is 0 Å². The van der Waals surface area contributed by atoms with Crippen LogP contribution in [0.4, 0.5) is 5.69 Å². The summed E-state index contributed by atoms with van der Waals surface area (Å²) in [5, 5.41) is 4.53. The molecular weight excluding hydrogens is 356 g/mol. The van der Waals surface area contributed by atoms with E-state index in [1.54, 1.807) is 12.5 Å². The second-order valence-corrected chi connectivity index (χ2v) is 6.61. The van der Waals surface area contributed by atoms with Gasteiger partial charge in [0.25, 0.3) is 0 Å². The van der Waals surface area contributed by atoms with Gasteiger partial charge >= 0.3 is 0 Å². The monoisotopic (exact) mass is 374 g/mol. The molecule has 25 heavy (non-hydrogen) atoms. The van der Waals surface area contributed by atoms with Crippen LogP contribution in [0.15, 0.2) is 63.8 Å².